The summed E-state index contributed by atoms with van der Waals surface area (Å²) in [6.07, 6.45) is 4.42. The fourth-order valence-electron chi connectivity index (χ4n) is 2.84. The Hall–Kier alpha value is -3.33. The number of rotatable bonds is 7. The van der Waals surface area contributed by atoms with Crippen LogP contribution in [0.3, 0.4) is 0 Å². The van der Waals surface area contributed by atoms with Gasteiger partial charge in [-0.1, -0.05) is 72.8 Å². The van der Waals surface area contributed by atoms with Crippen molar-refractivity contribution in [3.05, 3.63) is 102 Å². The molecule has 0 saturated heterocycles. The van der Waals surface area contributed by atoms with E-state index < -0.39 is 0 Å². The first-order valence-corrected chi connectivity index (χ1v) is 8.96. The maximum atomic E-state index is 13.0. The third-order valence-electron chi connectivity index (χ3n) is 4.28. The fourth-order valence-corrected chi connectivity index (χ4v) is 2.84. The largest absolute Gasteiger partial charge is 0.497 e. The van der Waals surface area contributed by atoms with E-state index in [1.807, 2.05) is 97.1 Å². The van der Waals surface area contributed by atoms with Crippen LogP contribution in [0.4, 0.5) is 5.69 Å². The first-order chi connectivity index (χ1) is 13.3. The van der Waals surface area contributed by atoms with E-state index in [0.717, 1.165) is 22.6 Å². The highest BCUT2D eigenvalue weighted by atomic mass is 16.5. The van der Waals surface area contributed by atoms with Crippen LogP contribution in [0, 0.1) is 0 Å². The van der Waals surface area contributed by atoms with Gasteiger partial charge in [0.05, 0.1) is 13.5 Å². The molecule has 0 aliphatic carbocycles. The summed E-state index contributed by atoms with van der Waals surface area (Å²) in [6.45, 7) is 0.507. The van der Waals surface area contributed by atoms with E-state index in [9.17, 15) is 4.79 Å². The molecule has 0 atom stereocenters. The van der Waals surface area contributed by atoms with Crippen molar-refractivity contribution >= 4 is 17.7 Å². The van der Waals surface area contributed by atoms with Crippen molar-refractivity contribution in [2.45, 2.75) is 6.42 Å². The van der Waals surface area contributed by atoms with Crippen LogP contribution in [0.15, 0.2) is 91.0 Å². The number of anilines is 1. The predicted octanol–water partition coefficient (Wildman–Crippen LogP) is 4.98. The monoisotopic (exact) mass is 357 g/mol. The molecule has 0 radical (unpaired) electrons. The minimum atomic E-state index is 0.0593. The van der Waals surface area contributed by atoms with Gasteiger partial charge in [0.1, 0.15) is 5.75 Å². The Kier molecular flexibility index (Phi) is 6.42. The molecule has 136 valence electrons. The molecule has 0 aliphatic heterocycles. The van der Waals surface area contributed by atoms with Gasteiger partial charge >= 0.3 is 0 Å². The molecule has 3 nitrogen and oxygen atoms in total. The molecule has 0 heterocycles. The number of ether oxygens (including phenoxy) is 1. The van der Waals surface area contributed by atoms with Crippen molar-refractivity contribution in [2.24, 2.45) is 0 Å². The van der Waals surface area contributed by atoms with Crippen molar-refractivity contribution < 1.29 is 9.53 Å². The lowest BCUT2D eigenvalue weighted by Gasteiger charge is -2.22. The smallest absolute Gasteiger partial charge is 0.231 e. The minimum Gasteiger partial charge on any atom is -0.497 e. The van der Waals surface area contributed by atoms with Gasteiger partial charge in [-0.3, -0.25) is 4.79 Å². The molecular weight excluding hydrogens is 334 g/mol. The van der Waals surface area contributed by atoms with Crippen molar-refractivity contribution in [1.29, 1.82) is 0 Å². The number of benzene rings is 3. The highest BCUT2D eigenvalue weighted by Crippen LogP contribution is 2.20. The Labute approximate surface area is 160 Å². The second kappa shape index (κ2) is 9.39. The lowest BCUT2D eigenvalue weighted by atomic mass is 10.1. The summed E-state index contributed by atoms with van der Waals surface area (Å²) < 4.78 is 5.23. The second-order valence-electron chi connectivity index (χ2n) is 6.18. The van der Waals surface area contributed by atoms with Crippen molar-refractivity contribution in [3.8, 4) is 5.75 Å². The van der Waals surface area contributed by atoms with Gasteiger partial charge < -0.3 is 9.64 Å². The number of carbonyl (C=O) groups is 1. The van der Waals surface area contributed by atoms with Crippen molar-refractivity contribution in [2.75, 3.05) is 18.6 Å². The van der Waals surface area contributed by atoms with Crippen LogP contribution in [-0.2, 0) is 11.2 Å². The summed E-state index contributed by atoms with van der Waals surface area (Å²) in [4.78, 5) is 14.8. The average molecular weight is 357 g/mol. The number of hydrogen-bond acceptors (Lipinski definition) is 2. The number of hydrogen-bond donors (Lipinski definition) is 0. The van der Waals surface area contributed by atoms with Gasteiger partial charge in [-0.15, -0.1) is 0 Å². The quantitative estimate of drug-likeness (QED) is 0.596. The maximum absolute atomic E-state index is 13.0. The minimum absolute atomic E-state index is 0.0593. The summed E-state index contributed by atoms with van der Waals surface area (Å²) >= 11 is 0. The van der Waals surface area contributed by atoms with Crippen LogP contribution in [0.5, 0.6) is 5.75 Å². The fraction of sp³-hybridized carbons (Fsp3) is 0.125. The first kappa shape index (κ1) is 18.5. The van der Waals surface area contributed by atoms with E-state index in [4.69, 9.17) is 4.74 Å². The third-order valence-corrected chi connectivity index (χ3v) is 4.28. The number of methoxy groups -OCH3 is 1. The van der Waals surface area contributed by atoms with Crippen LogP contribution in [0.25, 0.3) is 6.08 Å². The van der Waals surface area contributed by atoms with Crippen LogP contribution in [0.1, 0.15) is 11.1 Å². The van der Waals surface area contributed by atoms with Crippen LogP contribution in [-0.4, -0.2) is 19.6 Å². The standard InChI is InChI=1S/C24H23NO2/c1-27-23-16-14-22(15-17-23)25(18-8-13-20-9-4-2-5-10-20)24(26)19-21-11-6-3-7-12-21/h2-17H,18-19H2,1H3/b13-8+. The summed E-state index contributed by atoms with van der Waals surface area (Å²) in [6, 6.07) is 27.5. The van der Waals surface area contributed by atoms with E-state index in [0.29, 0.717) is 13.0 Å². The highest BCUT2D eigenvalue weighted by Gasteiger charge is 2.15. The molecule has 0 bridgehead atoms. The molecule has 3 aromatic rings. The molecule has 0 unspecified atom stereocenters. The van der Waals surface area contributed by atoms with Crippen LogP contribution in [0.2, 0.25) is 0 Å². The van der Waals surface area contributed by atoms with E-state index >= 15 is 0 Å². The molecule has 0 spiro atoms. The molecule has 0 saturated carbocycles. The molecule has 3 heteroatoms. The summed E-state index contributed by atoms with van der Waals surface area (Å²) in [7, 11) is 1.63. The normalized spacial score (nSPS) is 10.7. The zero-order valence-corrected chi connectivity index (χ0v) is 15.4. The van der Waals surface area contributed by atoms with Gasteiger partial charge in [-0.05, 0) is 35.4 Å². The van der Waals surface area contributed by atoms with Gasteiger partial charge in [-0.2, -0.15) is 0 Å². The van der Waals surface area contributed by atoms with Crippen LogP contribution >= 0.6 is 0 Å². The molecule has 0 aliphatic rings. The van der Waals surface area contributed by atoms with E-state index in [-0.39, 0.29) is 5.91 Å². The zero-order valence-electron chi connectivity index (χ0n) is 15.4. The summed E-state index contributed by atoms with van der Waals surface area (Å²) in [5.41, 5.74) is 2.98. The Morgan fingerprint density at radius 3 is 2.15 bits per heavy atom. The second-order valence-corrected chi connectivity index (χ2v) is 6.18. The first-order valence-electron chi connectivity index (χ1n) is 8.96. The lowest BCUT2D eigenvalue weighted by molar-refractivity contribution is -0.117. The summed E-state index contributed by atoms with van der Waals surface area (Å²) in [5, 5.41) is 0. The molecule has 0 fully saturated rings. The van der Waals surface area contributed by atoms with E-state index in [2.05, 4.69) is 0 Å². The van der Waals surface area contributed by atoms with E-state index in [1.165, 1.54) is 0 Å². The van der Waals surface area contributed by atoms with E-state index in [1.54, 1.807) is 12.0 Å². The molecular formula is C24H23NO2. The topological polar surface area (TPSA) is 29.5 Å². The summed E-state index contributed by atoms with van der Waals surface area (Å²) in [5.74, 6) is 0.832. The SMILES string of the molecule is COc1ccc(N(C/C=C/c2ccccc2)C(=O)Cc2ccccc2)cc1. The van der Waals surface area contributed by atoms with Gasteiger partial charge in [0, 0.05) is 12.2 Å². The Balaban J connectivity index is 1.78. The number of carbonyl (C=O) groups excluding carboxylic acids is 1. The van der Waals surface area contributed by atoms with Gasteiger partial charge in [0.25, 0.3) is 0 Å². The molecule has 3 rings (SSSR count). The number of nitrogens with zero attached hydrogens (tertiary/aromatic N) is 1. The highest BCUT2D eigenvalue weighted by molar-refractivity contribution is 5.95. The third kappa shape index (κ3) is 5.32. The molecule has 0 aromatic heterocycles. The Morgan fingerprint density at radius 2 is 1.52 bits per heavy atom. The van der Waals surface area contributed by atoms with Crippen molar-refractivity contribution in [3.63, 3.8) is 0 Å². The molecule has 0 N–H and O–H groups in total. The Morgan fingerprint density at radius 1 is 0.889 bits per heavy atom. The molecule has 3 aromatic carbocycles. The molecule has 27 heavy (non-hydrogen) atoms. The maximum Gasteiger partial charge on any atom is 0.231 e. The van der Waals surface area contributed by atoms with Crippen LogP contribution < -0.4 is 9.64 Å². The Bertz CT molecular complexity index is 871. The van der Waals surface area contributed by atoms with Gasteiger partial charge in [0.2, 0.25) is 5.91 Å². The molecule has 1 amide bonds. The van der Waals surface area contributed by atoms with Gasteiger partial charge in [0.15, 0.2) is 0 Å². The average Bonchev–Trinajstić information content (AvgIpc) is 2.73. The predicted molar refractivity (Wildman–Crippen MR) is 111 cm³/mol. The number of amides is 1. The van der Waals surface area contributed by atoms with Gasteiger partial charge in [-0.25, -0.2) is 0 Å². The zero-order chi connectivity index (χ0) is 18.9. The lowest BCUT2D eigenvalue weighted by Crippen LogP contribution is -2.32. The van der Waals surface area contributed by atoms with Crippen molar-refractivity contribution in [1.82, 2.24) is 0 Å².